The summed E-state index contributed by atoms with van der Waals surface area (Å²) < 4.78 is 0. The molecule has 1 nitrogen and oxygen atoms in total. The summed E-state index contributed by atoms with van der Waals surface area (Å²) in [7, 11) is 0. The van der Waals surface area contributed by atoms with Crippen LogP contribution in [0.5, 0.6) is 0 Å². The molecule has 0 amide bonds. The van der Waals surface area contributed by atoms with Crippen LogP contribution in [0.1, 0.15) is 10.4 Å². The van der Waals surface area contributed by atoms with Gasteiger partial charge in [0.15, 0.2) is 0 Å². The first-order valence-corrected chi connectivity index (χ1v) is 3.84. The summed E-state index contributed by atoms with van der Waals surface area (Å²) in [5.41, 5.74) is 0.730. The molecule has 0 bridgehead atoms. The Morgan fingerprint density at radius 3 is 2.31 bits per heavy atom. The van der Waals surface area contributed by atoms with Crippen molar-refractivity contribution < 1.29 is 4.79 Å². The Balaban J connectivity index is 0.000000845. The van der Waals surface area contributed by atoms with Gasteiger partial charge in [0.05, 0.1) is 0 Å². The van der Waals surface area contributed by atoms with Gasteiger partial charge >= 0.3 is 0 Å². The molecule has 0 spiro atoms. The number of carbonyl (C=O) groups excluding carboxylic acids is 1. The fourth-order valence-corrected chi connectivity index (χ4v) is 1.28. The second-order valence-corrected chi connectivity index (χ2v) is 2.72. The molecular weight excluding hydrogens is 155 g/mol. The Labute approximate surface area is 88.9 Å². The van der Waals surface area contributed by atoms with Crippen molar-refractivity contribution in [3.63, 3.8) is 0 Å². The number of hydrogen-bond donors (Lipinski definition) is 0. The van der Waals surface area contributed by atoms with Crippen LogP contribution >= 0.6 is 0 Å². The Kier molecular flexibility index (Phi) is 3.30. The van der Waals surface area contributed by atoms with Gasteiger partial charge in [0.2, 0.25) is 0 Å². The molecule has 0 heterocycles. The van der Waals surface area contributed by atoms with Crippen LogP contribution in [0.2, 0.25) is 0 Å². The third-order valence-electron chi connectivity index (χ3n) is 1.91. The van der Waals surface area contributed by atoms with Crippen molar-refractivity contribution in [2.75, 3.05) is 0 Å². The van der Waals surface area contributed by atoms with Gasteiger partial charge in [-0.05, 0) is 16.8 Å². The fraction of sp³-hybridized carbons (Fsp3) is 0. The van der Waals surface area contributed by atoms with Crippen LogP contribution in [0.15, 0.2) is 42.5 Å². The van der Waals surface area contributed by atoms with Crippen LogP contribution in [-0.2, 0) is 0 Å². The summed E-state index contributed by atoms with van der Waals surface area (Å²) in [6.45, 7) is 0. The summed E-state index contributed by atoms with van der Waals surface area (Å²) in [6.07, 6.45) is 0.867. The van der Waals surface area contributed by atoms with Crippen molar-refractivity contribution in [3.8, 4) is 0 Å². The molecule has 0 aliphatic carbocycles. The predicted molar refractivity (Wildman–Crippen MR) is 55.1 cm³/mol. The smallest absolute Gasteiger partial charge is 0.150 e. The zero-order chi connectivity index (χ0) is 8.39. The largest absolute Gasteiger partial charge is 0.298 e. The minimum atomic E-state index is 0. The Hall–Kier alpha value is -1.03. The third-order valence-corrected chi connectivity index (χ3v) is 1.91. The van der Waals surface area contributed by atoms with Crippen LogP contribution in [0, 0.1) is 0 Å². The molecule has 2 aromatic carbocycles. The van der Waals surface area contributed by atoms with Crippen molar-refractivity contribution in [1.82, 2.24) is 0 Å². The Bertz CT molecular complexity index is 423. The first kappa shape index (κ1) is 10.1. The molecule has 2 rings (SSSR count). The molecule has 2 heteroatoms. The zero-order valence-electron chi connectivity index (χ0n) is 7.53. The molecule has 59 valence electrons. The van der Waals surface area contributed by atoms with Crippen LogP contribution < -0.4 is 0 Å². The van der Waals surface area contributed by atoms with E-state index in [0.29, 0.717) is 0 Å². The molecule has 0 atom stereocenters. The average molecular weight is 163 g/mol. The molecule has 0 saturated heterocycles. The molecule has 2 aromatic rings. The van der Waals surface area contributed by atoms with Gasteiger partial charge in [-0.15, -0.1) is 0 Å². The van der Waals surface area contributed by atoms with E-state index in [1.165, 1.54) is 5.39 Å². The number of carbonyl (C=O) groups is 1. The Morgan fingerprint density at radius 1 is 0.923 bits per heavy atom. The summed E-state index contributed by atoms with van der Waals surface area (Å²) in [5.74, 6) is 0. The van der Waals surface area contributed by atoms with Crippen LogP contribution in [0.25, 0.3) is 10.8 Å². The maximum atomic E-state index is 10.5. The maximum absolute atomic E-state index is 10.5. The minimum Gasteiger partial charge on any atom is -0.298 e. The van der Waals surface area contributed by atoms with Gasteiger partial charge in [-0.1, -0.05) is 36.4 Å². The zero-order valence-corrected chi connectivity index (χ0v) is 7.53. The van der Waals surface area contributed by atoms with Crippen molar-refractivity contribution in [2.45, 2.75) is 0 Å². The van der Waals surface area contributed by atoms with E-state index in [2.05, 4.69) is 0 Å². The van der Waals surface area contributed by atoms with E-state index in [1.54, 1.807) is 0 Å². The topological polar surface area (TPSA) is 17.1 Å². The molecule has 0 N–H and O–H groups in total. The SMILES string of the molecule is O=Cc1ccc2ccccc2c1.[Li]. The Morgan fingerprint density at radius 2 is 1.62 bits per heavy atom. The molecule has 0 saturated carbocycles. The molecule has 0 aromatic heterocycles. The molecule has 0 unspecified atom stereocenters. The molecule has 0 fully saturated rings. The number of fused-ring (bicyclic) bond motifs is 1. The fourth-order valence-electron chi connectivity index (χ4n) is 1.28. The summed E-state index contributed by atoms with van der Waals surface area (Å²) in [4.78, 5) is 10.5. The van der Waals surface area contributed by atoms with E-state index in [1.807, 2.05) is 42.5 Å². The van der Waals surface area contributed by atoms with E-state index in [9.17, 15) is 4.79 Å². The van der Waals surface area contributed by atoms with Crippen LogP contribution in [-0.4, -0.2) is 25.1 Å². The summed E-state index contributed by atoms with van der Waals surface area (Å²) in [5, 5.41) is 2.28. The second-order valence-electron chi connectivity index (χ2n) is 2.72. The third kappa shape index (κ3) is 2.01. The molecule has 0 aliphatic heterocycles. The number of rotatable bonds is 1. The second kappa shape index (κ2) is 4.27. The average Bonchev–Trinajstić information content (AvgIpc) is 2.17. The number of aldehydes is 1. The van der Waals surface area contributed by atoms with Gasteiger partial charge in [-0.3, -0.25) is 4.79 Å². The quantitative estimate of drug-likeness (QED) is 0.465. The summed E-state index contributed by atoms with van der Waals surface area (Å²) in [6, 6.07) is 13.7. The van der Waals surface area contributed by atoms with Gasteiger partial charge in [-0.25, -0.2) is 0 Å². The van der Waals surface area contributed by atoms with Gasteiger partial charge in [-0.2, -0.15) is 0 Å². The van der Waals surface area contributed by atoms with Crippen molar-refractivity contribution in [1.29, 1.82) is 0 Å². The van der Waals surface area contributed by atoms with Gasteiger partial charge in [0.25, 0.3) is 0 Å². The minimum absolute atomic E-state index is 0. The van der Waals surface area contributed by atoms with E-state index in [0.717, 1.165) is 17.2 Å². The maximum Gasteiger partial charge on any atom is 0.150 e. The monoisotopic (exact) mass is 163 g/mol. The first-order valence-electron chi connectivity index (χ1n) is 3.84. The van der Waals surface area contributed by atoms with E-state index in [-0.39, 0.29) is 18.9 Å². The molecule has 13 heavy (non-hydrogen) atoms. The van der Waals surface area contributed by atoms with E-state index >= 15 is 0 Å². The van der Waals surface area contributed by atoms with Crippen molar-refractivity contribution in [3.05, 3.63) is 48.0 Å². The van der Waals surface area contributed by atoms with Gasteiger partial charge in [0.1, 0.15) is 6.29 Å². The molecular formula is C11H8LiO. The number of benzene rings is 2. The first-order chi connectivity index (χ1) is 5.90. The van der Waals surface area contributed by atoms with Crippen LogP contribution in [0.4, 0.5) is 0 Å². The predicted octanol–water partition coefficient (Wildman–Crippen LogP) is 2.27. The standard InChI is InChI=1S/C11H8O.Li/c12-8-9-5-6-10-3-1-2-4-11(10)7-9;/h1-8H;. The number of hydrogen-bond acceptors (Lipinski definition) is 1. The van der Waals surface area contributed by atoms with E-state index < -0.39 is 0 Å². The van der Waals surface area contributed by atoms with Crippen molar-refractivity contribution in [2.24, 2.45) is 0 Å². The molecule has 1 radical (unpaired) electrons. The van der Waals surface area contributed by atoms with Gasteiger partial charge in [0, 0.05) is 24.4 Å². The summed E-state index contributed by atoms with van der Waals surface area (Å²) >= 11 is 0. The van der Waals surface area contributed by atoms with Crippen molar-refractivity contribution >= 4 is 35.9 Å². The van der Waals surface area contributed by atoms with Crippen LogP contribution in [0.3, 0.4) is 0 Å². The normalized spacial score (nSPS) is 9.23. The van der Waals surface area contributed by atoms with Gasteiger partial charge < -0.3 is 0 Å². The molecule has 0 aliphatic rings. The van der Waals surface area contributed by atoms with E-state index in [4.69, 9.17) is 0 Å².